The van der Waals surface area contributed by atoms with E-state index in [1.165, 1.54) is 0 Å². The second-order valence-corrected chi connectivity index (χ2v) is 6.45. The van der Waals surface area contributed by atoms with Crippen molar-refractivity contribution in [1.29, 1.82) is 0 Å². The van der Waals surface area contributed by atoms with Crippen LogP contribution in [-0.4, -0.2) is 11.4 Å². The quantitative estimate of drug-likeness (QED) is 0.383. The zero-order valence-corrected chi connectivity index (χ0v) is 16.2. The monoisotopic (exact) mass is 372 g/mol. The molecule has 0 spiro atoms. The highest BCUT2D eigenvalue weighted by atomic mass is 16.6. The van der Waals surface area contributed by atoms with Gasteiger partial charge in [0.1, 0.15) is 13.2 Å². The Kier molecular flexibility index (Phi) is 6.96. The third kappa shape index (κ3) is 5.81. The molecule has 0 fully saturated rings. The lowest BCUT2D eigenvalue weighted by molar-refractivity contribution is 0.128. The van der Waals surface area contributed by atoms with Crippen LogP contribution in [0.4, 0.5) is 0 Å². The molecule has 0 N–H and O–H groups in total. The molecule has 3 aromatic rings. The Morgan fingerprint density at radius 2 is 0.929 bits per heavy atom. The molecule has 142 valence electrons. The molecule has 28 heavy (non-hydrogen) atoms. The molecule has 4 heteroatoms. The average molecular weight is 372 g/mol. The summed E-state index contributed by atoms with van der Waals surface area (Å²) in [6, 6.07) is 28.0. The van der Waals surface area contributed by atoms with Gasteiger partial charge in [-0.3, -0.25) is 0 Å². The largest absolute Gasteiger partial charge is 0.391 e. The van der Waals surface area contributed by atoms with Crippen LogP contribution >= 0.6 is 0 Å². The van der Waals surface area contributed by atoms with E-state index in [0.717, 1.165) is 33.7 Å². The highest BCUT2D eigenvalue weighted by Gasteiger charge is 2.00. The molecule has 0 aliphatic heterocycles. The van der Waals surface area contributed by atoms with Crippen molar-refractivity contribution in [1.82, 2.24) is 0 Å². The molecule has 0 saturated carbocycles. The van der Waals surface area contributed by atoms with Gasteiger partial charge in [0, 0.05) is 0 Å². The van der Waals surface area contributed by atoms with Gasteiger partial charge < -0.3 is 9.68 Å². The van der Waals surface area contributed by atoms with E-state index in [0.29, 0.717) is 13.2 Å². The number of hydrogen-bond acceptors (Lipinski definition) is 4. The Labute approximate surface area is 166 Å². The fourth-order valence-electron chi connectivity index (χ4n) is 2.60. The number of hydrogen-bond donors (Lipinski definition) is 0. The van der Waals surface area contributed by atoms with E-state index < -0.39 is 0 Å². The first-order valence-electron chi connectivity index (χ1n) is 9.24. The molecule has 3 aromatic carbocycles. The topological polar surface area (TPSA) is 43.2 Å². The predicted molar refractivity (Wildman–Crippen MR) is 113 cm³/mol. The Morgan fingerprint density at radius 3 is 1.29 bits per heavy atom. The Balaban J connectivity index is 1.47. The maximum absolute atomic E-state index is 5.47. The fourth-order valence-corrected chi connectivity index (χ4v) is 2.60. The minimum absolute atomic E-state index is 0.427. The van der Waals surface area contributed by atoms with Gasteiger partial charge >= 0.3 is 0 Å². The number of nitrogens with zero attached hydrogens (tertiary/aromatic N) is 2. The predicted octanol–water partition coefficient (Wildman–Crippen LogP) is 5.57. The average Bonchev–Trinajstić information content (AvgIpc) is 2.76. The zero-order valence-electron chi connectivity index (χ0n) is 16.2. The first-order valence-corrected chi connectivity index (χ1v) is 9.24. The molecule has 0 unspecified atom stereocenters. The van der Waals surface area contributed by atoms with Crippen LogP contribution in [0, 0.1) is 0 Å². The third-order valence-corrected chi connectivity index (χ3v) is 4.27. The molecule has 0 atom stereocenters. The van der Waals surface area contributed by atoms with Gasteiger partial charge in [-0.25, -0.2) is 0 Å². The molecule has 0 aliphatic rings. The van der Waals surface area contributed by atoms with Crippen molar-refractivity contribution in [3.8, 4) is 0 Å². The summed E-state index contributed by atoms with van der Waals surface area (Å²) in [5, 5.41) is 8.37. The van der Waals surface area contributed by atoms with E-state index in [-0.39, 0.29) is 0 Å². The molecule has 0 saturated heterocycles. The molecule has 0 aliphatic carbocycles. The highest BCUT2D eigenvalue weighted by molar-refractivity contribution is 5.98. The lowest BCUT2D eigenvalue weighted by atomic mass is 10.1. The van der Waals surface area contributed by atoms with Crippen molar-refractivity contribution in [2.24, 2.45) is 10.3 Å². The van der Waals surface area contributed by atoms with Crippen LogP contribution in [-0.2, 0) is 22.9 Å². The molecule has 0 bridgehead atoms. The first kappa shape index (κ1) is 19.4. The normalized spacial score (nSPS) is 11.9. The van der Waals surface area contributed by atoms with E-state index in [4.69, 9.17) is 9.68 Å². The maximum Gasteiger partial charge on any atom is 0.142 e. The smallest absolute Gasteiger partial charge is 0.142 e. The van der Waals surface area contributed by atoms with Crippen LogP contribution in [0.15, 0.2) is 95.2 Å². The second kappa shape index (κ2) is 10.1. The number of benzene rings is 3. The number of rotatable bonds is 8. The summed E-state index contributed by atoms with van der Waals surface area (Å²) in [7, 11) is 0. The summed E-state index contributed by atoms with van der Waals surface area (Å²) in [5.41, 5.74) is 5.94. The van der Waals surface area contributed by atoms with Gasteiger partial charge in [0.25, 0.3) is 0 Å². The molecule has 0 radical (unpaired) electrons. The summed E-state index contributed by atoms with van der Waals surface area (Å²) in [4.78, 5) is 10.9. The SMILES string of the molecule is C/C(=N\OCc1ccc(CO/N=C(\C)c2ccccc2)cc1)c1ccccc1. The van der Waals surface area contributed by atoms with Crippen LogP contribution < -0.4 is 0 Å². The zero-order chi connectivity index (χ0) is 19.6. The minimum atomic E-state index is 0.427. The molecule has 4 nitrogen and oxygen atoms in total. The third-order valence-electron chi connectivity index (χ3n) is 4.27. The number of oxime groups is 2. The molecular weight excluding hydrogens is 348 g/mol. The van der Waals surface area contributed by atoms with Crippen LogP contribution in [0.2, 0.25) is 0 Å². The van der Waals surface area contributed by atoms with Crippen molar-refractivity contribution in [3.63, 3.8) is 0 Å². The highest BCUT2D eigenvalue weighted by Crippen LogP contribution is 2.09. The summed E-state index contributed by atoms with van der Waals surface area (Å²) in [6.07, 6.45) is 0. The van der Waals surface area contributed by atoms with Crippen LogP contribution in [0.1, 0.15) is 36.1 Å². The van der Waals surface area contributed by atoms with E-state index >= 15 is 0 Å². The van der Waals surface area contributed by atoms with Crippen molar-refractivity contribution < 1.29 is 9.68 Å². The van der Waals surface area contributed by atoms with Gasteiger partial charge in [0.05, 0.1) is 11.4 Å². The van der Waals surface area contributed by atoms with E-state index in [1.807, 2.05) is 98.8 Å². The summed E-state index contributed by atoms with van der Waals surface area (Å²) in [5.74, 6) is 0. The van der Waals surface area contributed by atoms with Crippen LogP contribution in [0.3, 0.4) is 0 Å². The molecule has 0 heterocycles. The standard InChI is InChI=1S/C24H24N2O2/c1-19(23-9-5-3-6-10-23)25-27-17-21-13-15-22(16-14-21)18-28-26-20(2)24-11-7-4-8-12-24/h3-16H,17-18H2,1-2H3/b25-19+,26-20+. The van der Waals surface area contributed by atoms with E-state index in [1.54, 1.807) is 0 Å². The van der Waals surface area contributed by atoms with Gasteiger partial charge in [-0.15, -0.1) is 0 Å². The summed E-state index contributed by atoms with van der Waals surface area (Å²) in [6.45, 7) is 4.73. The van der Waals surface area contributed by atoms with Crippen molar-refractivity contribution in [2.45, 2.75) is 27.1 Å². The lowest BCUT2D eigenvalue weighted by Gasteiger charge is -2.05. The summed E-state index contributed by atoms with van der Waals surface area (Å²) >= 11 is 0. The Morgan fingerprint density at radius 1 is 0.571 bits per heavy atom. The Hall–Kier alpha value is -3.40. The van der Waals surface area contributed by atoms with Crippen molar-refractivity contribution >= 4 is 11.4 Å². The fraction of sp³-hybridized carbons (Fsp3) is 0.167. The van der Waals surface area contributed by atoms with Gasteiger partial charge in [0.2, 0.25) is 0 Å². The molecule has 0 aromatic heterocycles. The summed E-state index contributed by atoms with van der Waals surface area (Å²) < 4.78 is 0. The van der Waals surface area contributed by atoms with E-state index in [9.17, 15) is 0 Å². The minimum Gasteiger partial charge on any atom is -0.391 e. The van der Waals surface area contributed by atoms with E-state index in [2.05, 4.69) is 10.3 Å². The van der Waals surface area contributed by atoms with Gasteiger partial charge in [-0.05, 0) is 36.1 Å². The van der Waals surface area contributed by atoms with Crippen molar-refractivity contribution in [2.75, 3.05) is 0 Å². The first-order chi connectivity index (χ1) is 13.7. The second-order valence-electron chi connectivity index (χ2n) is 6.45. The van der Waals surface area contributed by atoms with Crippen molar-refractivity contribution in [3.05, 3.63) is 107 Å². The van der Waals surface area contributed by atoms with Crippen LogP contribution in [0.25, 0.3) is 0 Å². The molecule has 3 rings (SSSR count). The van der Waals surface area contributed by atoms with Gasteiger partial charge in [-0.1, -0.05) is 95.2 Å². The van der Waals surface area contributed by atoms with Gasteiger partial charge in [0.15, 0.2) is 0 Å². The Bertz CT molecular complexity index is 839. The molecular formula is C24H24N2O2. The maximum atomic E-state index is 5.47. The molecule has 0 amide bonds. The lowest BCUT2D eigenvalue weighted by Crippen LogP contribution is -1.97. The van der Waals surface area contributed by atoms with Crippen LogP contribution in [0.5, 0.6) is 0 Å². The van der Waals surface area contributed by atoms with Gasteiger partial charge in [-0.2, -0.15) is 0 Å².